The van der Waals surface area contributed by atoms with Gasteiger partial charge in [0.25, 0.3) is 0 Å². The second-order valence-corrected chi connectivity index (χ2v) is 9.23. The standard InChI is InChI=1S/C23H41NO5/c1-7-8-9-10-11-12-13-14-15-16-18-19(20(25)28-6)24(17-23(18,5)27)21(26)29-22(2,3)4/h16,19,27H,7-15,17H2,1-6H3/b18-16+/t19-,23+/m0/s1. The number of carbonyl (C=O) groups is 2. The summed E-state index contributed by atoms with van der Waals surface area (Å²) in [7, 11) is 1.29. The van der Waals surface area contributed by atoms with Crippen LogP contribution in [-0.4, -0.2) is 53.0 Å². The van der Waals surface area contributed by atoms with E-state index in [0.29, 0.717) is 5.57 Å². The first-order chi connectivity index (χ1) is 13.5. The van der Waals surface area contributed by atoms with Gasteiger partial charge in [0.05, 0.1) is 13.7 Å². The van der Waals surface area contributed by atoms with Gasteiger partial charge in [-0.2, -0.15) is 0 Å². The lowest BCUT2D eigenvalue weighted by Gasteiger charge is -2.27. The summed E-state index contributed by atoms with van der Waals surface area (Å²) in [4.78, 5) is 26.3. The Bertz CT molecular complexity index is 562. The molecule has 1 heterocycles. The number of allylic oxidation sites excluding steroid dienone is 1. The first-order valence-corrected chi connectivity index (χ1v) is 11.0. The number of ether oxygens (including phenoxy) is 2. The van der Waals surface area contributed by atoms with E-state index in [9.17, 15) is 14.7 Å². The lowest BCUT2D eigenvalue weighted by atomic mass is 9.93. The van der Waals surface area contributed by atoms with Crippen molar-refractivity contribution in [1.82, 2.24) is 4.90 Å². The third-order valence-electron chi connectivity index (χ3n) is 5.18. The van der Waals surface area contributed by atoms with Gasteiger partial charge in [-0.15, -0.1) is 0 Å². The molecule has 1 aliphatic heterocycles. The quantitative estimate of drug-likeness (QED) is 0.311. The molecule has 1 fully saturated rings. The van der Waals surface area contributed by atoms with Gasteiger partial charge >= 0.3 is 12.1 Å². The molecule has 6 heteroatoms. The molecule has 2 atom stereocenters. The van der Waals surface area contributed by atoms with E-state index in [1.807, 2.05) is 6.08 Å². The summed E-state index contributed by atoms with van der Waals surface area (Å²) in [6, 6.07) is -0.945. The van der Waals surface area contributed by atoms with Crippen LogP contribution in [0.25, 0.3) is 0 Å². The molecule has 1 amide bonds. The summed E-state index contributed by atoms with van der Waals surface area (Å²) in [6.07, 6.45) is 11.8. The van der Waals surface area contributed by atoms with Crippen molar-refractivity contribution in [1.29, 1.82) is 0 Å². The second-order valence-electron chi connectivity index (χ2n) is 9.23. The summed E-state index contributed by atoms with van der Waals surface area (Å²) < 4.78 is 10.3. The smallest absolute Gasteiger partial charge is 0.411 e. The molecular weight excluding hydrogens is 370 g/mol. The molecule has 1 rings (SSSR count). The molecule has 0 aliphatic carbocycles. The van der Waals surface area contributed by atoms with Crippen LogP contribution in [0.15, 0.2) is 11.6 Å². The van der Waals surface area contributed by atoms with Crippen molar-refractivity contribution in [3.05, 3.63) is 11.6 Å². The third-order valence-corrected chi connectivity index (χ3v) is 5.18. The van der Waals surface area contributed by atoms with Crippen LogP contribution >= 0.6 is 0 Å². The van der Waals surface area contributed by atoms with E-state index >= 15 is 0 Å². The Labute approximate surface area is 176 Å². The number of esters is 1. The van der Waals surface area contributed by atoms with Crippen LogP contribution in [0, 0.1) is 0 Å². The van der Waals surface area contributed by atoms with Gasteiger partial charge < -0.3 is 14.6 Å². The first kappa shape index (κ1) is 25.5. The summed E-state index contributed by atoms with van der Waals surface area (Å²) in [5.74, 6) is -0.559. The SMILES string of the molecule is CCCCCCCCCC/C=C1\[C@@H](C(=O)OC)N(C(=O)OC(C)(C)C)C[C@@]1(C)O. The number of unbranched alkanes of at least 4 members (excludes halogenated alkanes) is 8. The van der Waals surface area contributed by atoms with E-state index < -0.39 is 29.3 Å². The molecule has 1 N–H and O–H groups in total. The molecule has 0 radical (unpaired) electrons. The van der Waals surface area contributed by atoms with Gasteiger partial charge in [-0.1, -0.05) is 57.9 Å². The van der Waals surface area contributed by atoms with E-state index in [-0.39, 0.29) is 6.54 Å². The second kappa shape index (κ2) is 11.6. The highest BCUT2D eigenvalue weighted by Gasteiger charge is 2.51. The summed E-state index contributed by atoms with van der Waals surface area (Å²) in [5, 5.41) is 10.9. The van der Waals surface area contributed by atoms with Crippen molar-refractivity contribution < 1.29 is 24.2 Å². The third kappa shape index (κ3) is 8.37. The number of amides is 1. The fraction of sp³-hybridized carbons (Fsp3) is 0.826. The Morgan fingerprint density at radius 3 is 2.21 bits per heavy atom. The van der Waals surface area contributed by atoms with E-state index in [1.54, 1.807) is 27.7 Å². The summed E-state index contributed by atoms with van der Waals surface area (Å²) >= 11 is 0. The van der Waals surface area contributed by atoms with Gasteiger partial charge in [0, 0.05) is 0 Å². The maximum absolute atomic E-state index is 12.6. The van der Waals surface area contributed by atoms with Crippen molar-refractivity contribution >= 4 is 12.1 Å². The van der Waals surface area contributed by atoms with Crippen LogP contribution in [0.1, 0.15) is 92.4 Å². The lowest BCUT2D eigenvalue weighted by Crippen LogP contribution is -2.44. The van der Waals surface area contributed by atoms with Gasteiger partial charge in [-0.3, -0.25) is 4.90 Å². The minimum absolute atomic E-state index is 0.00490. The van der Waals surface area contributed by atoms with Crippen LogP contribution < -0.4 is 0 Å². The maximum atomic E-state index is 12.6. The minimum atomic E-state index is -1.28. The summed E-state index contributed by atoms with van der Waals surface area (Å²) in [6.45, 7) is 9.16. The Morgan fingerprint density at radius 2 is 1.69 bits per heavy atom. The molecule has 29 heavy (non-hydrogen) atoms. The highest BCUT2D eigenvalue weighted by atomic mass is 16.6. The zero-order valence-corrected chi connectivity index (χ0v) is 19.3. The van der Waals surface area contributed by atoms with Crippen LogP contribution in [-0.2, 0) is 14.3 Å². The number of nitrogens with zero attached hydrogens (tertiary/aromatic N) is 1. The summed E-state index contributed by atoms with van der Waals surface area (Å²) in [5.41, 5.74) is -1.44. The van der Waals surface area contributed by atoms with Gasteiger partial charge in [-0.05, 0) is 46.1 Å². The number of carbonyl (C=O) groups excluding carboxylic acids is 2. The van der Waals surface area contributed by atoms with Crippen LogP contribution in [0.2, 0.25) is 0 Å². The van der Waals surface area contributed by atoms with Gasteiger partial charge in [0.1, 0.15) is 11.2 Å². The predicted molar refractivity (Wildman–Crippen MR) is 115 cm³/mol. The highest BCUT2D eigenvalue weighted by molar-refractivity contribution is 5.86. The average molecular weight is 412 g/mol. The monoisotopic (exact) mass is 411 g/mol. The van der Waals surface area contributed by atoms with Crippen LogP contribution in [0.3, 0.4) is 0 Å². The molecule has 0 saturated carbocycles. The maximum Gasteiger partial charge on any atom is 0.411 e. The number of likely N-dealkylation sites (tertiary alicyclic amines) is 1. The van der Waals surface area contributed by atoms with Crippen LogP contribution in [0.4, 0.5) is 4.79 Å². The van der Waals surface area contributed by atoms with Crippen LogP contribution in [0.5, 0.6) is 0 Å². The molecule has 0 aromatic carbocycles. The minimum Gasteiger partial charge on any atom is -0.467 e. The molecule has 1 aliphatic rings. The molecular formula is C23H41NO5. The molecule has 0 bridgehead atoms. The van der Waals surface area contributed by atoms with Crippen molar-refractivity contribution in [3.63, 3.8) is 0 Å². The number of aliphatic hydroxyl groups is 1. The van der Waals surface area contributed by atoms with Crippen molar-refractivity contribution in [2.24, 2.45) is 0 Å². The zero-order valence-electron chi connectivity index (χ0n) is 19.3. The largest absolute Gasteiger partial charge is 0.467 e. The number of hydrogen-bond acceptors (Lipinski definition) is 5. The van der Waals surface area contributed by atoms with E-state index in [0.717, 1.165) is 19.3 Å². The Balaban J connectivity index is 2.73. The molecule has 0 spiro atoms. The molecule has 6 nitrogen and oxygen atoms in total. The molecule has 0 aromatic rings. The number of methoxy groups -OCH3 is 1. The van der Waals surface area contributed by atoms with Gasteiger partial charge in [0.15, 0.2) is 6.04 Å². The highest BCUT2D eigenvalue weighted by Crippen LogP contribution is 2.35. The zero-order chi connectivity index (χ0) is 22.1. The molecule has 168 valence electrons. The first-order valence-electron chi connectivity index (χ1n) is 11.0. The fourth-order valence-corrected chi connectivity index (χ4v) is 3.70. The molecule has 1 saturated heterocycles. The number of rotatable bonds is 10. The van der Waals surface area contributed by atoms with Crippen molar-refractivity contribution in [2.45, 2.75) is 110 Å². The molecule has 0 unspecified atom stereocenters. The van der Waals surface area contributed by atoms with Crippen molar-refractivity contribution in [2.75, 3.05) is 13.7 Å². The lowest BCUT2D eigenvalue weighted by molar-refractivity contribution is -0.144. The Hall–Kier alpha value is -1.56. The Kier molecular flexibility index (Phi) is 10.2. The Morgan fingerprint density at radius 1 is 1.14 bits per heavy atom. The van der Waals surface area contributed by atoms with Crippen molar-refractivity contribution in [3.8, 4) is 0 Å². The van der Waals surface area contributed by atoms with E-state index in [4.69, 9.17) is 9.47 Å². The average Bonchev–Trinajstić information content (AvgIpc) is 2.89. The van der Waals surface area contributed by atoms with Gasteiger partial charge in [0.2, 0.25) is 0 Å². The number of hydrogen-bond donors (Lipinski definition) is 1. The molecule has 0 aromatic heterocycles. The van der Waals surface area contributed by atoms with E-state index in [2.05, 4.69) is 6.92 Å². The number of β-amino-alcohol motifs (C(OH)–C–C–N with tert-alkyl or cyclic N) is 1. The topological polar surface area (TPSA) is 76.1 Å². The normalized spacial score (nSPS) is 23.5. The predicted octanol–water partition coefficient (Wildman–Crippen LogP) is 4.99. The fourth-order valence-electron chi connectivity index (χ4n) is 3.70. The van der Waals surface area contributed by atoms with E-state index in [1.165, 1.54) is 50.5 Å². The van der Waals surface area contributed by atoms with Gasteiger partial charge in [-0.25, -0.2) is 9.59 Å².